The molecule has 7 heteroatoms. The molecule has 156 valence electrons. The standard InChI is InChI=1S/C24H18INO4S/c1-29-21-5-3-2-4-20(21)26-23(27)22(31-24(26)28)14-16-8-12-19(13-9-16)30-15-17-6-10-18(25)11-7-17/h2-14H,15H2,1H3/b22-14-. The van der Waals surface area contributed by atoms with Crippen LogP contribution in [0.1, 0.15) is 11.1 Å². The Balaban J connectivity index is 1.46. The molecule has 4 rings (SSSR count). The van der Waals surface area contributed by atoms with Crippen molar-refractivity contribution < 1.29 is 19.1 Å². The van der Waals surface area contributed by atoms with Gasteiger partial charge in [-0.1, -0.05) is 36.4 Å². The largest absolute Gasteiger partial charge is 0.495 e. The molecule has 0 saturated carbocycles. The summed E-state index contributed by atoms with van der Waals surface area (Å²) >= 11 is 3.18. The van der Waals surface area contributed by atoms with Crippen LogP contribution in [0.4, 0.5) is 10.5 Å². The molecule has 1 fully saturated rings. The summed E-state index contributed by atoms with van der Waals surface area (Å²) in [7, 11) is 1.51. The normalized spacial score (nSPS) is 14.9. The fraction of sp³-hybridized carbons (Fsp3) is 0.0833. The Morgan fingerprint density at radius 3 is 2.39 bits per heavy atom. The zero-order valence-electron chi connectivity index (χ0n) is 16.6. The molecule has 3 aromatic carbocycles. The Morgan fingerprint density at radius 2 is 1.68 bits per heavy atom. The third-order valence-corrected chi connectivity index (χ3v) is 6.21. The number of hydrogen-bond acceptors (Lipinski definition) is 5. The van der Waals surface area contributed by atoms with Crippen LogP contribution in [0.5, 0.6) is 11.5 Å². The monoisotopic (exact) mass is 543 g/mol. The van der Waals surface area contributed by atoms with Gasteiger partial charge in [-0.25, -0.2) is 4.90 Å². The molecule has 0 radical (unpaired) electrons. The second-order valence-corrected chi connectivity index (χ2v) is 8.91. The molecule has 0 aliphatic carbocycles. The van der Waals surface area contributed by atoms with Crippen LogP contribution >= 0.6 is 34.4 Å². The molecule has 0 atom stereocenters. The van der Waals surface area contributed by atoms with Crippen LogP contribution in [0.3, 0.4) is 0 Å². The van der Waals surface area contributed by atoms with E-state index in [1.165, 1.54) is 10.7 Å². The first-order chi connectivity index (χ1) is 15.0. The molecular weight excluding hydrogens is 525 g/mol. The summed E-state index contributed by atoms with van der Waals surface area (Å²) in [5.74, 6) is 0.844. The Hall–Kier alpha value is -2.78. The lowest BCUT2D eigenvalue weighted by Gasteiger charge is -2.15. The van der Waals surface area contributed by atoms with Gasteiger partial charge in [0.25, 0.3) is 11.1 Å². The molecule has 0 aromatic heterocycles. The van der Waals surface area contributed by atoms with Crippen LogP contribution in [0.2, 0.25) is 0 Å². The van der Waals surface area contributed by atoms with Gasteiger partial charge in [0.2, 0.25) is 0 Å². The van der Waals surface area contributed by atoms with Gasteiger partial charge in [0.05, 0.1) is 17.7 Å². The molecule has 1 aliphatic rings. The van der Waals surface area contributed by atoms with Gasteiger partial charge in [-0.05, 0) is 88.0 Å². The van der Waals surface area contributed by atoms with E-state index < -0.39 is 0 Å². The number of halogens is 1. The molecule has 2 amide bonds. The van der Waals surface area contributed by atoms with Crippen molar-refractivity contribution in [3.05, 3.63) is 92.4 Å². The minimum Gasteiger partial charge on any atom is -0.495 e. The molecule has 31 heavy (non-hydrogen) atoms. The van der Waals surface area contributed by atoms with Crippen molar-refractivity contribution in [3.63, 3.8) is 0 Å². The molecule has 1 aliphatic heterocycles. The lowest BCUT2D eigenvalue weighted by molar-refractivity contribution is -0.113. The quantitative estimate of drug-likeness (QED) is 0.277. The zero-order chi connectivity index (χ0) is 21.8. The highest BCUT2D eigenvalue weighted by Crippen LogP contribution is 2.39. The van der Waals surface area contributed by atoms with E-state index in [0.717, 1.165) is 33.5 Å². The molecule has 3 aromatic rings. The van der Waals surface area contributed by atoms with Crippen molar-refractivity contribution in [2.75, 3.05) is 12.0 Å². The Labute approximate surface area is 198 Å². The van der Waals surface area contributed by atoms with Gasteiger partial charge < -0.3 is 9.47 Å². The van der Waals surface area contributed by atoms with Crippen LogP contribution in [0.15, 0.2) is 77.7 Å². The summed E-state index contributed by atoms with van der Waals surface area (Å²) < 4.78 is 12.3. The highest BCUT2D eigenvalue weighted by Gasteiger charge is 2.37. The van der Waals surface area contributed by atoms with Crippen molar-refractivity contribution in [2.45, 2.75) is 6.61 Å². The number of ether oxygens (including phenoxy) is 2. The molecule has 0 unspecified atom stereocenters. The van der Waals surface area contributed by atoms with Gasteiger partial charge in [-0.3, -0.25) is 9.59 Å². The highest BCUT2D eigenvalue weighted by molar-refractivity contribution is 14.1. The average molecular weight is 543 g/mol. The molecule has 0 N–H and O–H groups in total. The van der Waals surface area contributed by atoms with E-state index in [1.807, 2.05) is 48.5 Å². The first kappa shape index (κ1) is 21.5. The topological polar surface area (TPSA) is 55.8 Å². The number of anilines is 1. The van der Waals surface area contributed by atoms with E-state index in [0.29, 0.717) is 22.9 Å². The van der Waals surface area contributed by atoms with Crippen LogP contribution in [0, 0.1) is 3.57 Å². The number of amides is 2. The maximum atomic E-state index is 12.9. The number of methoxy groups -OCH3 is 1. The van der Waals surface area contributed by atoms with E-state index in [9.17, 15) is 9.59 Å². The van der Waals surface area contributed by atoms with Crippen LogP contribution in [-0.2, 0) is 11.4 Å². The number of benzene rings is 3. The number of rotatable bonds is 6. The molecular formula is C24H18INO4S. The Bertz CT molecular complexity index is 1140. The number of carbonyl (C=O) groups excluding carboxylic acids is 2. The molecule has 1 heterocycles. The van der Waals surface area contributed by atoms with Crippen molar-refractivity contribution in [2.24, 2.45) is 0 Å². The highest BCUT2D eigenvalue weighted by atomic mass is 127. The molecule has 0 bridgehead atoms. The van der Waals surface area contributed by atoms with E-state index in [1.54, 1.807) is 30.3 Å². The SMILES string of the molecule is COc1ccccc1N1C(=O)S/C(=C\c2ccc(OCc3ccc(I)cc3)cc2)C1=O. The maximum absolute atomic E-state index is 12.9. The predicted octanol–water partition coefficient (Wildman–Crippen LogP) is 6.12. The molecule has 5 nitrogen and oxygen atoms in total. The average Bonchev–Trinajstić information content (AvgIpc) is 3.07. The summed E-state index contributed by atoms with van der Waals surface area (Å²) in [4.78, 5) is 26.9. The first-order valence-electron chi connectivity index (χ1n) is 9.43. The summed E-state index contributed by atoms with van der Waals surface area (Å²) in [6.45, 7) is 0.480. The predicted molar refractivity (Wildman–Crippen MR) is 131 cm³/mol. The maximum Gasteiger partial charge on any atom is 0.298 e. The molecule has 0 spiro atoms. The number of imide groups is 1. The summed E-state index contributed by atoms with van der Waals surface area (Å²) in [5, 5.41) is -0.349. The van der Waals surface area contributed by atoms with Gasteiger partial charge >= 0.3 is 0 Å². The van der Waals surface area contributed by atoms with Crippen molar-refractivity contribution in [1.29, 1.82) is 0 Å². The van der Waals surface area contributed by atoms with Crippen LogP contribution in [-0.4, -0.2) is 18.3 Å². The Morgan fingerprint density at radius 1 is 0.968 bits per heavy atom. The van der Waals surface area contributed by atoms with Gasteiger partial charge in [0.15, 0.2) is 0 Å². The zero-order valence-corrected chi connectivity index (χ0v) is 19.6. The Kier molecular flexibility index (Phi) is 6.62. The van der Waals surface area contributed by atoms with E-state index in [4.69, 9.17) is 9.47 Å². The summed E-state index contributed by atoms with van der Waals surface area (Å²) in [6, 6.07) is 22.5. The van der Waals surface area contributed by atoms with Crippen LogP contribution < -0.4 is 14.4 Å². The second kappa shape index (κ2) is 9.57. The third kappa shape index (κ3) is 4.94. The van der Waals surface area contributed by atoms with E-state index in [-0.39, 0.29) is 11.1 Å². The van der Waals surface area contributed by atoms with Gasteiger partial charge in [0, 0.05) is 3.57 Å². The smallest absolute Gasteiger partial charge is 0.298 e. The lowest BCUT2D eigenvalue weighted by atomic mass is 10.2. The van der Waals surface area contributed by atoms with Gasteiger partial charge in [-0.2, -0.15) is 0 Å². The van der Waals surface area contributed by atoms with Gasteiger partial charge in [0.1, 0.15) is 18.1 Å². The number of para-hydroxylation sites is 2. The van der Waals surface area contributed by atoms with Crippen LogP contribution in [0.25, 0.3) is 6.08 Å². The summed E-state index contributed by atoms with van der Waals surface area (Å²) in [5.41, 5.74) is 2.34. The minimum absolute atomic E-state index is 0.349. The van der Waals surface area contributed by atoms with E-state index >= 15 is 0 Å². The lowest BCUT2D eigenvalue weighted by Crippen LogP contribution is -2.28. The second-order valence-electron chi connectivity index (χ2n) is 6.67. The number of carbonyl (C=O) groups is 2. The van der Waals surface area contributed by atoms with Crippen molar-refractivity contribution >= 4 is 57.3 Å². The fourth-order valence-corrected chi connectivity index (χ4v) is 4.24. The fourth-order valence-electron chi connectivity index (χ4n) is 3.05. The molecule has 1 saturated heterocycles. The van der Waals surface area contributed by atoms with E-state index in [2.05, 4.69) is 22.6 Å². The van der Waals surface area contributed by atoms with Crippen molar-refractivity contribution in [1.82, 2.24) is 0 Å². The van der Waals surface area contributed by atoms with Crippen molar-refractivity contribution in [3.8, 4) is 11.5 Å². The summed E-state index contributed by atoms with van der Waals surface area (Å²) in [6.07, 6.45) is 1.71. The van der Waals surface area contributed by atoms with Gasteiger partial charge in [-0.15, -0.1) is 0 Å². The minimum atomic E-state index is -0.362. The third-order valence-electron chi connectivity index (χ3n) is 4.62. The number of thioether (sulfide) groups is 1. The number of nitrogens with zero attached hydrogens (tertiary/aromatic N) is 1. The first-order valence-corrected chi connectivity index (χ1v) is 11.3. The number of hydrogen-bond donors (Lipinski definition) is 0.